The summed E-state index contributed by atoms with van der Waals surface area (Å²) >= 11 is 0. The number of nitrogens with one attached hydrogen (secondary N) is 1. The molecule has 0 unspecified atom stereocenters. The van der Waals surface area contributed by atoms with Gasteiger partial charge in [-0.1, -0.05) is 12.1 Å². The van der Waals surface area contributed by atoms with Crippen molar-refractivity contribution in [1.29, 1.82) is 0 Å². The van der Waals surface area contributed by atoms with Crippen molar-refractivity contribution in [2.24, 2.45) is 0 Å². The maximum Gasteiger partial charge on any atom is 0.346 e. The molecule has 13 heteroatoms. The van der Waals surface area contributed by atoms with Crippen molar-refractivity contribution in [3.63, 3.8) is 0 Å². The number of carbonyl (C=O) groups excluding carboxylic acids is 2. The van der Waals surface area contributed by atoms with Crippen LogP contribution >= 0.6 is 0 Å². The molecule has 0 aliphatic carbocycles. The van der Waals surface area contributed by atoms with Crippen molar-refractivity contribution in [1.82, 2.24) is 24.0 Å². The number of carbonyl (C=O) groups is 2. The predicted molar refractivity (Wildman–Crippen MR) is 99.5 cm³/mol. The highest BCUT2D eigenvalue weighted by atomic mass is 32.2. The van der Waals surface area contributed by atoms with E-state index in [1.807, 2.05) is 0 Å². The van der Waals surface area contributed by atoms with E-state index >= 15 is 0 Å². The van der Waals surface area contributed by atoms with Gasteiger partial charge in [-0.15, -0.1) is 0 Å². The first-order valence-electron chi connectivity index (χ1n) is 8.91. The van der Waals surface area contributed by atoms with Gasteiger partial charge in [0.15, 0.2) is 11.6 Å². The summed E-state index contributed by atoms with van der Waals surface area (Å²) in [6.07, 6.45) is -2.74. The summed E-state index contributed by atoms with van der Waals surface area (Å²) in [5, 5.41) is 3.83. The molecule has 1 aromatic carbocycles. The maximum absolute atomic E-state index is 12.5. The van der Waals surface area contributed by atoms with Crippen molar-refractivity contribution in [3.8, 4) is 0 Å². The molecule has 2 heterocycles. The third-order valence-corrected chi connectivity index (χ3v) is 5.99. The van der Waals surface area contributed by atoms with Crippen LogP contribution in [0.5, 0.6) is 0 Å². The Labute approximate surface area is 170 Å². The number of benzene rings is 1. The minimum Gasteiger partial charge on any atom is -0.332 e. The summed E-state index contributed by atoms with van der Waals surface area (Å²) < 4.78 is 53.8. The minimum absolute atomic E-state index is 0.0718. The number of Topliss-reactive ketones (excluding diaryl/α,β-unsaturated/α-hetero) is 1. The number of hydrogen-bond donors (Lipinski definition) is 1. The first-order valence-corrected chi connectivity index (χ1v) is 10.4. The average Bonchev–Trinajstić information content (AvgIpc) is 3.00. The number of ketones is 1. The molecule has 0 atom stereocenters. The molecule has 0 saturated carbocycles. The van der Waals surface area contributed by atoms with Gasteiger partial charge in [-0.2, -0.15) is 5.10 Å². The second kappa shape index (κ2) is 8.44. The van der Waals surface area contributed by atoms with Gasteiger partial charge in [-0.25, -0.2) is 31.4 Å². The summed E-state index contributed by atoms with van der Waals surface area (Å²) in [5.74, 6) is -0.606. The van der Waals surface area contributed by atoms with Gasteiger partial charge in [0.05, 0.1) is 18.0 Å². The molecule has 1 aromatic heterocycles. The predicted octanol–water partition coefficient (Wildman–Crippen LogP) is -0.167. The zero-order valence-electron chi connectivity index (χ0n) is 15.9. The molecule has 10 nitrogen and oxygen atoms in total. The zero-order chi connectivity index (χ0) is 22.1. The lowest BCUT2D eigenvalue weighted by molar-refractivity contribution is -0.131. The lowest BCUT2D eigenvalue weighted by Gasteiger charge is -2.26. The highest BCUT2D eigenvalue weighted by Gasteiger charge is 2.26. The fraction of sp³-hybridized carbons (Fsp3) is 0.412. The minimum atomic E-state index is -3.98. The molecular weight excluding hydrogens is 424 g/mol. The number of rotatable bonds is 7. The molecule has 2 aromatic rings. The van der Waals surface area contributed by atoms with Gasteiger partial charge in [-0.05, 0) is 19.1 Å². The summed E-state index contributed by atoms with van der Waals surface area (Å²) in [4.78, 5) is 36.9. The van der Waals surface area contributed by atoms with E-state index in [0.29, 0.717) is 10.2 Å². The summed E-state index contributed by atoms with van der Waals surface area (Å²) in [6, 6.07) is 5.27. The van der Waals surface area contributed by atoms with Gasteiger partial charge in [0, 0.05) is 18.7 Å². The number of fused-ring (bicyclic) bond motifs is 1. The van der Waals surface area contributed by atoms with Gasteiger partial charge >= 0.3 is 5.69 Å². The van der Waals surface area contributed by atoms with Crippen LogP contribution in [0.15, 0.2) is 34.0 Å². The van der Waals surface area contributed by atoms with Crippen molar-refractivity contribution >= 4 is 21.7 Å². The third-order valence-electron chi connectivity index (χ3n) is 4.57. The third kappa shape index (κ3) is 4.62. The number of aromatic nitrogens is 3. The molecule has 1 amide bonds. The van der Waals surface area contributed by atoms with Crippen LogP contribution in [-0.4, -0.2) is 58.9 Å². The highest BCUT2D eigenvalue weighted by Crippen LogP contribution is 2.12. The lowest BCUT2D eigenvalue weighted by atomic mass is 10.2. The largest absolute Gasteiger partial charge is 0.346 e. The quantitative estimate of drug-likeness (QED) is 0.593. The number of amides is 1. The maximum atomic E-state index is 12.5. The van der Waals surface area contributed by atoms with E-state index in [1.165, 1.54) is 40.7 Å². The van der Waals surface area contributed by atoms with Crippen LogP contribution in [-0.2, 0) is 34.5 Å². The topological polar surface area (TPSA) is 123 Å². The van der Waals surface area contributed by atoms with Crippen LogP contribution in [0.25, 0.3) is 0 Å². The lowest BCUT2D eigenvalue weighted by Crippen LogP contribution is -2.45. The molecule has 0 bridgehead atoms. The zero-order valence-corrected chi connectivity index (χ0v) is 16.7. The Bertz CT molecular complexity index is 1120. The van der Waals surface area contributed by atoms with Gasteiger partial charge in [-0.3, -0.25) is 14.2 Å². The van der Waals surface area contributed by atoms with Crippen molar-refractivity contribution in [2.75, 3.05) is 13.1 Å². The van der Waals surface area contributed by atoms with E-state index in [9.17, 15) is 31.6 Å². The van der Waals surface area contributed by atoms with Crippen LogP contribution in [0.3, 0.4) is 0 Å². The van der Waals surface area contributed by atoms with E-state index in [2.05, 4.69) is 9.82 Å². The molecule has 1 aliphatic heterocycles. The second-order valence-electron chi connectivity index (χ2n) is 6.64. The number of sulfonamides is 1. The van der Waals surface area contributed by atoms with E-state index in [0.717, 1.165) is 0 Å². The van der Waals surface area contributed by atoms with Crippen LogP contribution < -0.4 is 10.4 Å². The number of alkyl halides is 2. The van der Waals surface area contributed by atoms with Gasteiger partial charge in [0.1, 0.15) is 6.54 Å². The SMILES string of the molecule is CC(=O)c1ccc(S(=O)(=O)NCC(=O)N2CCn3c(nn(CC(F)F)c3=O)C2)cc1. The molecule has 1 aliphatic rings. The van der Waals surface area contributed by atoms with Crippen LogP contribution in [0, 0.1) is 0 Å². The van der Waals surface area contributed by atoms with E-state index in [4.69, 9.17) is 0 Å². The van der Waals surface area contributed by atoms with Crippen molar-refractivity contribution in [2.45, 2.75) is 37.9 Å². The molecule has 30 heavy (non-hydrogen) atoms. The normalized spacial score (nSPS) is 14.1. The van der Waals surface area contributed by atoms with Gasteiger partial charge < -0.3 is 4.90 Å². The molecule has 3 rings (SSSR count). The fourth-order valence-electron chi connectivity index (χ4n) is 2.98. The van der Waals surface area contributed by atoms with Gasteiger partial charge in [0.25, 0.3) is 6.43 Å². The molecule has 0 spiro atoms. The van der Waals surface area contributed by atoms with Gasteiger partial charge in [0.2, 0.25) is 15.9 Å². The molecule has 0 radical (unpaired) electrons. The van der Waals surface area contributed by atoms with E-state index in [1.54, 1.807) is 0 Å². The number of halogens is 2. The molecule has 1 N–H and O–H groups in total. The van der Waals surface area contributed by atoms with E-state index in [-0.39, 0.29) is 36.1 Å². The average molecular weight is 443 g/mol. The summed E-state index contributed by atoms with van der Waals surface area (Å²) in [6.45, 7) is 0.0752. The highest BCUT2D eigenvalue weighted by molar-refractivity contribution is 7.89. The fourth-order valence-corrected chi connectivity index (χ4v) is 3.96. The Morgan fingerprint density at radius 3 is 2.47 bits per heavy atom. The first-order chi connectivity index (χ1) is 14.1. The Hall–Kier alpha value is -2.93. The Morgan fingerprint density at radius 2 is 1.87 bits per heavy atom. The summed E-state index contributed by atoms with van der Waals surface area (Å²) in [5.41, 5.74) is -0.317. The Kier molecular flexibility index (Phi) is 6.12. The standard InChI is InChI=1S/C17H19F2N5O5S/c1-11(25)12-2-4-13(5-3-12)30(28,29)20-8-16(26)22-6-7-23-15(10-22)21-24(17(23)27)9-14(18)19/h2-5,14,20H,6-10H2,1H3. The van der Waals surface area contributed by atoms with Crippen LogP contribution in [0.4, 0.5) is 8.78 Å². The van der Waals surface area contributed by atoms with Crippen molar-refractivity contribution < 1.29 is 26.8 Å². The van der Waals surface area contributed by atoms with Crippen molar-refractivity contribution in [3.05, 3.63) is 46.1 Å². The second-order valence-corrected chi connectivity index (χ2v) is 8.41. The molecular formula is C17H19F2N5O5S. The first kappa shape index (κ1) is 21.8. The molecule has 162 valence electrons. The monoisotopic (exact) mass is 443 g/mol. The number of nitrogens with zero attached hydrogens (tertiary/aromatic N) is 4. The molecule has 0 fully saturated rings. The summed E-state index contributed by atoms with van der Waals surface area (Å²) in [7, 11) is -3.98. The van der Waals surface area contributed by atoms with E-state index < -0.39 is 41.1 Å². The smallest absolute Gasteiger partial charge is 0.332 e. The number of hydrogen-bond acceptors (Lipinski definition) is 6. The Balaban J connectivity index is 1.64. The van der Waals surface area contributed by atoms with Crippen LogP contribution in [0.1, 0.15) is 23.1 Å². The Morgan fingerprint density at radius 1 is 1.20 bits per heavy atom. The molecule has 0 saturated heterocycles. The van der Waals surface area contributed by atoms with Crippen LogP contribution in [0.2, 0.25) is 0 Å².